The van der Waals surface area contributed by atoms with Crippen molar-refractivity contribution in [3.05, 3.63) is 11.8 Å². The maximum absolute atomic E-state index is 10.5. The van der Waals surface area contributed by atoms with Crippen LogP contribution >= 0.6 is 11.6 Å². The summed E-state index contributed by atoms with van der Waals surface area (Å²) in [5.41, 5.74) is 0.215. The first-order valence-electron chi connectivity index (χ1n) is 3.21. The summed E-state index contributed by atoms with van der Waals surface area (Å²) in [4.78, 5) is 12.0. The molecule has 4 heteroatoms. The molecule has 0 aliphatic rings. The molecule has 0 fully saturated rings. The van der Waals surface area contributed by atoms with Crippen LogP contribution in [0.2, 0.25) is 0 Å². The number of hydrogen-bond donors (Lipinski definition) is 1. The smallest absolute Gasteiger partial charge is 0.351 e. The first-order chi connectivity index (χ1) is 4.95. The molecular weight excluding hydrogens is 166 g/mol. The maximum Gasteiger partial charge on any atom is 0.351 e. The van der Waals surface area contributed by atoms with E-state index >= 15 is 0 Å². The Morgan fingerprint density at radius 2 is 2.09 bits per heavy atom. The minimum Gasteiger partial charge on any atom is -0.477 e. The summed E-state index contributed by atoms with van der Waals surface area (Å²) in [6, 6.07) is 0. The second-order valence-electron chi connectivity index (χ2n) is 2.43. The van der Waals surface area contributed by atoms with Crippen molar-refractivity contribution in [2.24, 2.45) is 0 Å². The van der Waals surface area contributed by atoms with E-state index in [9.17, 15) is 4.79 Å². The third kappa shape index (κ3) is 3.88. The number of alkyl halides is 1. The molecule has 0 saturated heterocycles. The van der Waals surface area contributed by atoms with Gasteiger partial charge in [0.1, 0.15) is 5.70 Å². The van der Waals surface area contributed by atoms with Gasteiger partial charge in [-0.2, -0.15) is 0 Å². The lowest BCUT2D eigenvalue weighted by Crippen LogP contribution is -2.19. The van der Waals surface area contributed by atoms with Crippen LogP contribution in [0, 0.1) is 0 Å². The Labute approximate surface area is 71.3 Å². The molecule has 0 radical (unpaired) electrons. The number of carboxylic acids is 1. The number of hydrogen-bond acceptors (Lipinski definition) is 2. The lowest BCUT2D eigenvalue weighted by molar-refractivity contribution is -0.134. The zero-order chi connectivity index (χ0) is 9.02. The van der Waals surface area contributed by atoms with Crippen LogP contribution in [0.5, 0.6) is 0 Å². The molecule has 1 unspecified atom stereocenters. The number of likely N-dealkylation sites (N-methyl/N-ethyl adjacent to an activating group) is 1. The first kappa shape index (κ1) is 10.3. The van der Waals surface area contributed by atoms with E-state index in [1.807, 2.05) is 0 Å². The van der Waals surface area contributed by atoms with E-state index in [1.54, 1.807) is 21.0 Å². The molecule has 0 saturated carbocycles. The molecule has 1 N–H and O–H groups in total. The second kappa shape index (κ2) is 4.23. The minimum absolute atomic E-state index is 0.215. The Hall–Kier alpha value is -0.700. The standard InChI is InChI=1S/C7H12ClNO2/c1-5(8)4-6(7(10)11)9(2)3/h4-5H,1-3H3,(H,10,11)/b6-4-. The Morgan fingerprint density at radius 1 is 1.64 bits per heavy atom. The van der Waals surface area contributed by atoms with Crippen LogP contribution in [0.4, 0.5) is 0 Å². The molecule has 0 heterocycles. The fourth-order valence-electron chi connectivity index (χ4n) is 0.629. The summed E-state index contributed by atoms with van der Waals surface area (Å²) in [5.74, 6) is -0.956. The number of rotatable bonds is 3. The molecule has 0 aromatic carbocycles. The first-order valence-corrected chi connectivity index (χ1v) is 3.65. The average Bonchev–Trinajstić information content (AvgIpc) is 1.81. The molecular formula is C7H12ClNO2. The Balaban J connectivity index is 4.47. The summed E-state index contributed by atoms with van der Waals surface area (Å²) in [6.07, 6.45) is 1.49. The van der Waals surface area contributed by atoms with E-state index in [0.29, 0.717) is 0 Å². The van der Waals surface area contributed by atoms with Crippen LogP contribution in [-0.2, 0) is 4.79 Å². The normalized spacial score (nSPS) is 14.4. The molecule has 1 atom stereocenters. The van der Waals surface area contributed by atoms with Gasteiger partial charge in [0.05, 0.1) is 5.38 Å². The zero-order valence-corrected chi connectivity index (χ0v) is 7.59. The van der Waals surface area contributed by atoms with Gasteiger partial charge < -0.3 is 10.0 Å². The van der Waals surface area contributed by atoms with E-state index in [4.69, 9.17) is 16.7 Å². The number of nitrogens with zero attached hydrogens (tertiary/aromatic N) is 1. The van der Waals surface area contributed by atoms with Crippen molar-refractivity contribution in [2.45, 2.75) is 12.3 Å². The molecule has 0 aliphatic heterocycles. The highest BCUT2D eigenvalue weighted by atomic mass is 35.5. The van der Waals surface area contributed by atoms with Crippen molar-refractivity contribution in [1.29, 1.82) is 0 Å². The number of carboxylic acid groups (broad SMARTS) is 1. The van der Waals surface area contributed by atoms with Crippen LogP contribution in [0.25, 0.3) is 0 Å². The van der Waals surface area contributed by atoms with Gasteiger partial charge in [0.15, 0.2) is 0 Å². The maximum atomic E-state index is 10.5. The average molecular weight is 178 g/mol. The molecule has 0 rings (SSSR count). The number of halogens is 1. The Bertz CT molecular complexity index is 175. The van der Waals surface area contributed by atoms with E-state index in [0.717, 1.165) is 0 Å². The van der Waals surface area contributed by atoms with Gasteiger partial charge in [-0.05, 0) is 13.0 Å². The van der Waals surface area contributed by atoms with Crippen LogP contribution in [0.3, 0.4) is 0 Å². The second-order valence-corrected chi connectivity index (χ2v) is 3.12. The predicted molar refractivity (Wildman–Crippen MR) is 44.7 cm³/mol. The van der Waals surface area contributed by atoms with Gasteiger partial charge in [-0.25, -0.2) is 4.79 Å². The van der Waals surface area contributed by atoms with Crippen molar-refractivity contribution in [2.75, 3.05) is 14.1 Å². The zero-order valence-electron chi connectivity index (χ0n) is 6.84. The molecule has 0 bridgehead atoms. The molecule has 3 nitrogen and oxygen atoms in total. The van der Waals surface area contributed by atoms with Crippen molar-refractivity contribution in [3.63, 3.8) is 0 Å². The molecule has 64 valence electrons. The van der Waals surface area contributed by atoms with Crippen molar-refractivity contribution in [3.8, 4) is 0 Å². The van der Waals surface area contributed by atoms with Crippen LogP contribution in [0.15, 0.2) is 11.8 Å². The van der Waals surface area contributed by atoms with Crippen LogP contribution < -0.4 is 0 Å². The monoisotopic (exact) mass is 177 g/mol. The quantitative estimate of drug-likeness (QED) is 0.519. The van der Waals surface area contributed by atoms with E-state index in [2.05, 4.69) is 0 Å². The summed E-state index contributed by atoms with van der Waals surface area (Å²) >= 11 is 5.59. The fraction of sp³-hybridized carbons (Fsp3) is 0.571. The Morgan fingerprint density at radius 3 is 2.18 bits per heavy atom. The van der Waals surface area contributed by atoms with Gasteiger partial charge in [-0.3, -0.25) is 0 Å². The van der Waals surface area contributed by atoms with E-state index in [1.165, 1.54) is 11.0 Å². The summed E-state index contributed by atoms with van der Waals surface area (Å²) in [7, 11) is 3.33. The van der Waals surface area contributed by atoms with Crippen molar-refractivity contribution < 1.29 is 9.90 Å². The Kier molecular flexibility index (Phi) is 3.97. The molecule has 0 aromatic heterocycles. The van der Waals surface area contributed by atoms with Crippen molar-refractivity contribution >= 4 is 17.6 Å². The minimum atomic E-state index is -0.956. The van der Waals surface area contributed by atoms with Gasteiger partial charge in [0.2, 0.25) is 0 Å². The molecule has 0 amide bonds. The summed E-state index contributed by atoms with van der Waals surface area (Å²) in [5, 5.41) is 8.36. The predicted octanol–water partition coefficient (Wildman–Crippen LogP) is 1.14. The molecule has 11 heavy (non-hydrogen) atoms. The topological polar surface area (TPSA) is 40.5 Å². The number of allylic oxidation sites excluding steroid dienone is 1. The van der Waals surface area contributed by atoms with Crippen LogP contribution in [-0.4, -0.2) is 35.4 Å². The van der Waals surface area contributed by atoms with Gasteiger partial charge in [0.25, 0.3) is 0 Å². The third-order valence-electron chi connectivity index (χ3n) is 1.09. The van der Waals surface area contributed by atoms with E-state index in [-0.39, 0.29) is 11.1 Å². The highest BCUT2D eigenvalue weighted by Gasteiger charge is 2.09. The molecule has 0 spiro atoms. The van der Waals surface area contributed by atoms with Crippen LogP contribution in [0.1, 0.15) is 6.92 Å². The molecule has 0 aromatic rings. The lowest BCUT2D eigenvalue weighted by atomic mass is 10.3. The van der Waals surface area contributed by atoms with E-state index < -0.39 is 5.97 Å². The summed E-state index contributed by atoms with van der Waals surface area (Å²) in [6.45, 7) is 1.72. The number of carbonyl (C=O) groups is 1. The largest absolute Gasteiger partial charge is 0.477 e. The summed E-state index contributed by atoms with van der Waals surface area (Å²) < 4.78 is 0. The van der Waals surface area contributed by atoms with Gasteiger partial charge in [-0.1, -0.05) is 0 Å². The van der Waals surface area contributed by atoms with Gasteiger partial charge in [0, 0.05) is 14.1 Å². The fourth-order valence-corrected chi connectivity index (χ4v) is 0.749. The van der Waals surface area contributed by atoms with Gasteiger partial charge >= 0.3 is 5.97 Å². The highest BCUT2D eigenvalue weighted by Crippen LogP contribution is 2.04. The lowest BCUT2D eigenvalue weighted by Gasteiger charge is -2.13. The van der Waals surface area contributed by atoms with Crippen molar-refractivity contribution in [1.82, 2.24) is 4.90 Å². The SMILES string of the molecule is CC(Cl)/C=C(/C(=O)O)N(C)C. The number of aliphatic carboxylic acids is 1. The van der Waals surface area contributed by atoms with Gasteiger partial charge in [-0.15, -0.1) is 11.6 Å². The molecule has 0 aliphatic carbocycles. The third-order valence-corrected chi connectivity index (χ3v) is 1.21. The highest BCUT2D eigenvalue weighted by molar-refractivity contribution is 6.21.